The molecule has 0 spiro atoms. The van der Waals surface area contributed by atoms with Gasteiger partial charge in [-0.2, -0.15) is 0 Å². The van der Waals surface area contributed by atoms with Crippen molar-refractivity contribution in [2.24, 2.45) is 7.05 Å². The minimum atomic E-state index is -1.43. The van der Waals surface area contributed by atoms with Crippen LogP contribution in [0.5, 0.6) is 0 Å². The minimum absolute atomic E-state index is 1.34. The lowest BCUT2D eigenvalue weighted by Crippen LogP contribution is -2.39. The summed E-state index contributed by atoms with van der Waals surface area (Å²) in [6.07, 6.45) is 2.23. The zero-order valence-corrected chi connectivity index (χ0v) is 19.5. The molecule has 1 aromatic heterocycles. The van der Waals surface area contributed by atoms with E-state index in [1.165, 1.54) is 60.5 Å². The van der Waals surface area contributed by atoms with Gasteiger partial charge in [-0.05, 0) is 47.2 Å². The van der Waals surface area contributed by atoms with Gasteiger partial charge in [-0.25, -0.2) is 4.57 Å². The molecule has 0 aliphatic carbocycles. The fraction of sp³-hybridized carbons (Fsp3) is 0.269. The van der Waals surface area contributed by atoms with Gasteiger partial charge in [0.1, 0.15) is 7.05 Å². The molecule has 0 radical (unpaired) electrons. The van der Waals surface area contributed by atoms with Crippen molar-refractivity contribution in [1.29, 1.82) is 0 Å². The van der Waals surface area contributed by atoms with E-state index < -0.39 is 8.07 Å². The number of hydrogen-bond donors (Lipinski definition) is 0. The van der Waals surface area contributed by atoms with Gasteiger partial charge in [0.05, 0.1) is 30.4 Å². The molecule has 2 heterocycles. The first kappa shape index (κ1) is 18.4. The van der Waals surface area contributed by atoms with Crippen LogP contribution in [0.3, 0.4) is 0 Å². The predicted molar refractivity (Wildman–Crippen MR) is 129 cm³/mol. The lowest BCUT2D eigenvalue weighted by molar-refractivity contribution is -0.659. The number of fused-ring (bicyclic) bond motifs is 3. The molecule has 0 saturated carbocycles. The number of benzene rings is 3. The summed E-state index contributed by atoms with van der Waals surface area (Å²) in [6, 6.07) is 16.0. The molecule has 3 aromatic carbocycles. The van der Waals surface area contributed by atoms with Crippen LogP contribution in [0.25, 0.3) is 32.8 Å². The monoisotopic (exact) mass is 397 g/mol. The average molecular weight is 398 g/mol. The zero-order chi connectivity index (χ0) is 20.7. The first-order chi connectivity index (χ1) is 13.7. The summed E-state index contributed by atoms with van der Waals surface area (Å²) in [5.41, 5.74) is 8.16. The molecule has 0 fully saturated rings. The van der Waals surface area contributed by atoms with Crippen molar-refractivity contribution < 1.29 is 4.57 Å². The summed E-state index contributed by atoms with van der Waals surface area (Å²) in [6.45, 7) is 11.9. The molecule has 4 aromatic rings. The van der Waals surface area contributed by atoms with Gasteiger partial charge in [0.25, 0.3) is 0 Å². The van der Waals surface area contributed by atoms with E-state index in [1.54, 1.807) is 0 Å². The van der Waals surface area contributed by atoms with E-state index in [1.807, 2.05) is 0 Å². The van der Waals surface area contributed by atoms with Crippen molar-refractivity contribution in [2.45, 2.75) is 33.5 Å². The van der Waals surface area contributed by atoms with Crippen molar-refractivity contribution in [3.8, 4) is 11.3 Å². The number of hydrogen-bond acceptors (Lipinski definition) is 1. The number of anilines is 2. The highest BCUT2D eigenvalue weighted by atomic mass is 28.3. The van der Waals surface area contributed by atoms with Crippen LogP contribution in [0.15, 0.2) is 48.7 Å². The molecule has 0 amide bonds. The SMILES string of the molecule is Cc1c2c(c(C)c3ccccc13)N(C)c1cc([Si](C)(C)C)cc3cc[n+](C)c-2c13. The fourth-order valence-electron chi connectivity index (χ4n) is 5.07. The molecule has 0 saturated heterocycles. The van der Waals surface area contributed by atoms with E-state index in [-0.39, 0.29) is 0 Å². The molecule has 0 bridgehead atoms. The average Bonchev–Trinajstić information content (AvgIpc) is 2.69. The van der Waals surface area contributed by atoms with Crippen molar-refractivity contribution >= 4 is 46.2 Å². The topological polar surface area (TPSA) is 7.12 Å². The number of pyridine rings is 1. The smallest absolute Gasteiger partial charge is 0.224 e. The zero-order valence-electron chi connectivity index (χ0n) is 18.5. The lowest BCUT2D eigenvalue weighted by atomic mass is 9.86. The van der Waals surface area contributed by atoms with E-state index in [0.29, 0.717) is 0 Å². The van der Waals surface area contributed by atoms with Crippen LogP contribution >= 0.6 is 0 Å². The molecule has 0 atom stereocenters. The third kappa shape index (κ3) is 2.43. The second-order valence-corrected chi connectivity index (χ2v) is 14.6. The first-order valence-electron chi connectivity index (χ1n) is 10.4. The maximum atomic E-state index is 2.46. The van der Waals surface area contributed by atoms with E-state index in [2.05, 4.69) is 106 Å². The van der Waals surface area contributed by atoms with Gasteiger partial charge in [-0.3, -0.25) is 0 Å². The third-order valence-electron chi connectivity index (χ3n) is 6.72. The molecule has 1 aliphatic heterocycles. The van der Waals surface area contributed by atoms with Crippen LogP contribution < -0.4 is 14.7 Å². The Labute approximate surface area is 174 Å². The Kier molecular flexibility index (Phi) is 3.76. The largest absolute Gasteiger partial charge is 0.343 e. The van der Waals surface area contributed by atoms with E-state index >= 15 is 0 Å². The summed E-state index contributed by atoms with van der Waals surface area (Å²) in [5, 5.41) is 6.97. The Morgan fingerprint density at radius 3 is 2.21 bits per heavy atom. The Bertz CT molecular complexity index is 1330. The Morgan fingerprint density at radius 1 is 0.897 bits per heavy atom. The number of rotatable bonds is 1. The maximum Gasteiger partial charge on any atom is 0.224 e. The van der Waals surface area contributed by atoms with Gasteiger partial charge in [0, 0.05) is 13.1 Å². The van der Waals surface area contributed by atoms with Gasteiger partial charge in [0.15, 0.2) is 6.20 Å². The molecule has 3 heteroatoms. The maximum absolute atomic E-state index is 2.46. The van der Waals surface area contributed by atoms with Gasteiger partial charge in [0.2, 0.25) is 5.69 Å². The third-order valence-corrected chi connectivity index (χ3v) is 8.74. The Hall–Kier alpha value is -2.65. The van der Waals surface area contributed by atoms with Crippen LogP contribution in [-0.4, -0.2) is 15.1 Å². The molecule has 1 aliphatic rings. The summed E-state index contributed by atoms with van der Waals surface area (Å²) >= 11 is 0. The quantitative estimate of drug-likeness (QED) is 0.294. The van der Waals surface area contributed by atoms with Gasteiger partial charge in [-0.1, -0.05) is 55.2 Å². The van der Waals surface area contributed by atoms with Crippen molar-refractivity contribution in [1.82, 2.24) is 0 Å². The normalized spacial score (nSPS) is 13.3. The Balaban J connectivity index is 2.02. The molecule has 2 nitrogen and oxygen atoms in total. The molecule has 5 rings (SSSR count). The molecular weight excluding hydrogens is 368 g/mol. The summed E-state index contributed by atoms with van der Waals surface area (Å²) in [7, 11) is 3.01. The van der Waals surface area contributed by atoms with Crippen LogP contribution in [0.4, 0.5) is 11.4 Å². The van der Waals surface area contributed by atoms with Crippen LogP contribution in [0.1, 0.15) is 11.1 Å². The highest BCUT2D eigenvalue weighted by Crippen LogP contribution is 2.50. The number of aromatic nitrogens is 1. The minimum Gasteiger partial charge on any atom is -0.343 e. The molecule has 0 unspecified atom stereocenters. The van der Waals surface area contributed by atoms with Gasteiger partial charge in [-0.15, -0.1) is 0 Å². The summed E-state index contributed by atoms with van der Waals surface area (Å²) in [4.78, 5) is 2.45. The van der Waals surface area contributed by atoms with E-state index in [4.69, 9.17) is 0 Å². The lowest BCUT2D eigenvalue weighted by Gasteiger charge is -2.33. The van der Waals surface area contributed by atoms with Crippen LogP contribution in [0.2, 0.25) is 19.6 Å². The number of aryl methyl sites for hydroxylation is 3. The highest BCUT2D eigenvalue weighted by molar-refractivity contribution is 6.89. The number of nitrogens with zero attached hydrogens (tertiary/aromatic N) is 2. The van der Waals surface area contributed by atoms with Crippen LogP contribution in [-0.2, 0) is 7.05 Å². The molecule has 29 heavy (non-hydrogen) atoms. The molecule has 0 N–H and O–H groups in total. The highest BCUT2D eigenvalue weighted by Gasteiger charge is 2.34. The molecular formula is C26H29N2Si+. The van der Waals surface area contributed by atoms with Crippen LogP contribution in [0, 0.1) is 13.8 Å². The second kappa shape index (κ2) is 5.93. The van der Waals surface area contributed by atoms with E-state index in [9.17, 15) is 0 Å². The fourth-order valence-corrected chi connectivity index (χ4v) is 6.23. The van der Waals surface area contributed by atoms with Crippen molar-refractivity contribution in [3.05, 3.63) is 59.8 Å². The van der Waals surface area contributed by atoms with Gasteiger partial charge >= 0.3 is 0 Å². The summed E-state index contributed by atoms with van der Waals surface area (Å²) < 4.78 is 2.31. The Morgan fingerprint density at radius 2 is 1.55 bits per heavy atom. The van der Waals surface area contributed by atoms with Crippen molar-refractivity contribution in [3.63, 3.8) is 0 Å². The first-order valence-corrected chi connectivity index (χ1v) is 13.9. The summed E-state index contributed by atoms with van der Waals surface area (Å²) in [5.74, 6) is 0. The molecule has 146 valence electrons. The predicted octanol–water partition coefficient (Wildman–Crippen LogP) is 5.73. The standard InChI is InChI=1S/C26H29N2Si/c1-16-20-10-8-9-11-21(20)17(2)25-23(16)26-24-18(12-13-27(26)3)14-19(29(5,6)7)15-22(24)28(25)4/h8-15H,1-7H3/q+1. The second-order valence-electron chi connectivity index (χ2n) is 9.56. The van der Waals surface area contributed by atoms with Gasteiger partial charge < -0.3 is 4.90 Å². The van der Waals surface area contributed by atoms with Crippen molar-refractivity contribution in [2.75, 3.05) is 11.9 Å². The van der Waals surface area contributed by atoms with E-state index in [0.717, 1.165) is 0 Å².